The van der Waals surface area contributed by atoms with Crippen LogP contribution in [0.15, 0.2) is 36.9 Å². The number of benzene rings is 1. The molecule has 0 heterocycles. The second-order valence-corrected chi connectivity index (χ2v) is 5.73. The van der Waals surface area contributed by atoms with Crippen LogP contribution in [0.3, 0.4) is 0 Å². The molecule has 1 aromatic rings. The molecule has 6 heteroatoms. The first-order valence-electron chi connectivity index (χ1n) is 7.49. The number of aliphatic carboxylic acids is 1. The van der Waals surface area contributed by atoms with Gasteiger partial charge in [0.2, 0.25) is 5.91 Å². The average Bonchev–Trinajstić information content (AvgIpc) is 2.49. The molecule has 1 aliphatic rings. The molecule has 0 unspecified atom stereocenters. The first kappa shape index (κ1) is 16.7. The Morgan fingerprint density at radius 3 is 2.35 bits per heavy atom. The summed E-state index contributed by atoms with van der Waals surface area (Å²) in [5, 5.41) is 13.7. The summed E-state index contributed by atoms with van der Waals surface area (Å²) in [4.78, 5) is 34.5. The van der Waals surface area contributed by atoms with E-state index in [1.54, 1.807) is 30.3 Å². The highest BCUT2D eigenvalue weighted by Crippen LogP contribution is 2.45. The molecule has 0 saturated heterocycles. The number of allylic oxidation sites excluding steroid dienone is 1. The maximum Gasteiger partial charge on any atom is 0.322 e. The predicted molar refractivity (Wildman–Crippen MR) is 86.1 cm³/mol. The lowest BCUT2D eigenvalue weighted by atomic mass is 9.66. The van der Waals surface area contributed by atoms with E-state index in [2.05, 4.69) is 17.2 Å². The molecule has 0 bridgehead atoms. The molecule has 0 spiro atoms. The Balaban J connectivity index is 1.97. The molecule has 0 radical (unpaired) electrons. The zero-order valence-electron chi connectivity index (χ0n) is 12.8. The van der Waals surface area contributed by atoms with Crippen molar-refractivity contribution in [3.63, 3.8) is 0 Å². The zero-order chi connectivity index (χ0) is 16.9. The number of carbonyl (C=O) groups is 3. The van der Waals surface area contributed by atoms with Gasteiger partial charge in [0.1, 0.15) is 6.54 Å². The highest BCUT2D eigenvalue weighted by Gasteiger charge is 2.42. The van der Waals surface area contributed by atoms with Crippen LogP contribution in [0.4, 0.5) is 5.69 Å². The van der Waals surface area contributed by atoms with E-state index in [1.807, 2.05) is 0 Å². The zero-order valence-corrected chi connectivity index (χ0v) is 12.8. The average molecular weight is 316 g/mol. The Hall–Kier alpha value is -2.63. The number of rotatable bonds is 7. The quantitative estimate of drug-likeness (QED) is 0.672. The third-order valence-corrected chi connectivity index (χ3v) is 4.13. The normalized spacial score (nSPS) is 15.1. The van der Waals surface area contributed by atoms with Crippen molar-refractivity contribution in [1.29, 1.82) is 0 Å². The van der Waals surface area contributed by atoms with E-state index in [9.17, 15) is 14.4 Å². The molecule has 122 valence electrons. The molecule has 1 saturated carbocycles. The minimum Gasteiger partial charge on any atom is -0.480 e. The molecule has 6 nitrogen and oxygen atoms in total. The Bertz CT molecular complexity index is 618. The lowest BCUT2D eigenvalue weighted by molar-refractivity contribution is -0.135. The summed E-state index contributed by atoms with van der Waals surface area (Å²) in [6.07, 6.45) is 5.20. The Morgan fingerprint density at radius 2 is 1.87 bits per heavy atom. The second-order valence-electron chi connectivity index (χ2n) is 5.73. The summed E-state index contributed by atoms with van der Waals surface area (Å²) in [5.74, 6) is -1.59. The summed E-state index contributed by atoms with van der Waals surface area (Å²) in [5.41, 5.74) is 0.605. The smallest absolute Gasteiger partial charge is 0.322 e. The first-order valence-corrected chi connectivity index (χ1v) is 7.49. The van der Waals surface area contributed by atoms with Crippen molar-refractivity contribution in [2.45, 2.75) is 25.7 Å². The van der Waals surface area contributed by atoms with Crippen LogP contribution in [0.5, 0.6) is 0 Å². The summed E-state index contributed by atoms with van der Waals surface area (Å²) in [6.45, 7) is 3.28. The fraction of sp³-hybridized carbons (Fsp3) is 0.353. The number of carboxylic acid groups (broad SMARTS) is 1. The maximum atomic E-state index is 12.4. The molecule has 1 aliphatic carbocycles. The number of carbonyl (C=O) groups excluding carboxylic acids is 2. The van der Waals surface area contributed by atoms with E-state index in [-0.39, 0.29) is 11.3 Å². The molecule has 2 rings (SSSR count). The molecule has 23 heavy (non-hydrogen) atoms. The van der Waals surface area contributed by atoms with Crippen molar-refractivity contribution in [1.82, 2.24) is 5.32 Å². The van der Waals surface area contributed by atoms with Crippen molar-refractivity contribution in [3.05, 3.63) is 42.5 Å². The van der Waals surface area contributed by atoms with Crippen LogP contribution in [0.1, 0.15) is 36.0 Å². The molecule has 1 fully saturated rings. The van der Waals surface area contributed by atoms with Crippen LogP contribution in [0.2, 0.25) is 0 Å². The summed E-state index contributed by atoms with van der Waals surface area (Å²) < 4.78 is 0. The van der Waals surface area contributed by atoms with Crippen molar-refractivity contribution >= 4 is 23.5 Å². The van der Waals surface area contributed by atoms with Gasteiger partial charge in [0.15, 0.2) is 0 Å². The van der Waals surface area contributed by atoms with Crippen molar-refractivity contribution < 1.29 is 19.5 Å². The largest absolute Gasteiger partial charge is 0.480 e. The van der Waals surface area contributed by atoms with Gasteiger partial charge in [-0.05, 0) is 43.5 Å². The highest BCUT2D eigenvalue weighted by atomic mass is 16.4. The number of nitrogens with one attached hydrogen (secondary N) is 2. The van der Waals surface area contributed by atoms with Gasteiger partial charge in [-0.2, -0.15) is 0 Å². The lowest BCUT2D eigenvalue weighted by Crippen LogP contribution is -2.41. The van der Waals surface area contributed by atoms with Crippen molar-refractivity contribution in [3.8, 4) is 0 Å². The van der Waals surface area contributed by atoms with E-state index in [1.165, 1.54) is 0 Å². The Kier molecular flexibility index (Phi) is 5.16. The predicted octanol–water partition coefficient (Wildman–Crippen LogP) is 2.19. The fourth-order valence-electron chi connectivity index (χ4n) is 2.63. The Labute approximate surface area is 134 Å². The van der Waals surface area contributed by atoms with Crippen LogP contribution in [0, 0.1) is 5.41 Å². The number of carboxylic acids is 1. The first-order chi connectivity index (χ1) is 11.0. The van der Waals surface area contributed by atoms with Gasteiger partial charge in [-0.3, -0.25) is 14.4 Å². The maximum absolute atomic E-state index is 12.4. The van der Waals surface area contributed by atoms with Crippen LogP contribution in [-0.2, 0) is 9.59 Å². The molecule has 1 aromatic carbocycles. The molecular formula is C17H20N2O4. The molecule has 3 N–H and O–H groups in total. The van der Waals surface area contributed by atoms with Crippen LogP contribution < -0.4 is 10.6 Å². The van der Waals surface area contributed by atoms with Gasteiger partial charge in [0.25, 0.3) is 5.91 Å². The molecule has 0 aromatic heterocycles. The molecule has 2 amide bonds. The summed E-state index contributed by atoms with van der Waals surface area (Å²) in [7, 11) is 0. The van der Waals surface area contributed by atoms with Gasteiger partial charge < -0.3 is 15.7 Å². The van der Waals surface area contributed by atoms with Gasteiger partial charge >= 0.3 is 5.97 Å². The number of hydrogen-bond donors (Lipinski definition) is 3. The van der Waals surface area contributed by atoms with Gasteiger partial charge in [-0.15, -0.1) is 6.58 Å². The minimum atomic E-state index is -1.10. The molecular weight excluding hydrogens is 296 g/mol. The standard InChI is InChI=1S/C17H20N2O4/c1-2-8-17(9-3-10-17)16(23)19-13-6-4-12(5-7-13)15(22)18-11-14(20)21/h2,4-7H,1,3,8-11H2,(H,18,22)(H,19,23)(H,20,21). The van der Waals surface area contributed by atoms with E-state index in [0.717, 1.165) is 19.3 Å². The number of amides is 2. The van der Waals surface area contributed by atoms with Gasteiger partial charge in [-0.25, -0.2) is 0 Å². The van der Waals surface area contributed by atoms with E-state index in [0.29, 0.717) is 17.7 Å². The number of hydrogen-bond acceptors (Lipinski definition) is 3. The SMILES string of the molecule is C=CCC1(C(=O)Nc2ccc(C(=O)NCC(=O)O)cc2)CCC1. The Morgan fingerprint density at radius 1 is 1.22 bits per heavy atom. The van der Waals surface area contributed by atoms with Crippen molar-refractivity contribution in [2.75, 3.05) is 11.9 Å². The summed E-state index contributed by atoms with van der Waals surface area (Å²) >= 11 is 0. The third kappa shape index (κ3) is 3.97. The van der Waals surface area contributed by atoms with Gasteiger partial charge in [-0.1, -0.05) is 12.5 Å². The van der Waals surface area contributed by atoms with Gasteiger partial charge in [0.05, 0.1) is 5.41 Å². The minimum absolute atomic E-state index is 0.0215. The highest BCUT2D eigenvalue weighted by molar-refractivity contribution is 5.98. The van der Waals surface area contributed by atoms with Crippen molar-refractivity contribution in [2.24, 2.45) is 5.41 Å². The summed E-state index contributed by atoms with van der Waals surface area (Å²) in [6, 6.07) is 6.36. The van der Waals surface area contributed by atoms with E-state index >= 15 is 0 Å². The lowest BCUT2D eigenvalue weighted by Gasteiger charge is -2.39. The molecule has 0 atom stereocenters. The van der Waals surface area contributed by atoms with Crippen LogP contribution in [-0.4, -0.2) is 29.4 Å². The van der Waals surface area contributed by atoms with Crippen LogP contribution >= 0.6 is 0 Å². The molecule has 0 aliphatic heterocycles. The second kappa shape index (κ2) is 7.09. The van der Waals surface area contributed by atoms with E-state index < -0.39 is 18.4 Å². The topological polar surface area (TPSA) is 95.5 Å². The fourth-order valence-corrected chi connectivity index (χ4v) is 2.63. The monoisotopic (exact) mass is 316 g/mol. The van der Waals surface area contributed by atoms with Crippen LogP contribution in [0.25, 0.3) is 0 Å². The third-order valence-electron chi connectivity index (χ3n) is 4.13. The van der Waals surface area contributed by atoms with E-state index in [4.69, 9.17) is 5.11 Å². The van der Waals surface area contributed by atoms with Gasteiger partial charge in [0, 0.05) is 11.3 Å². The number of anilines is 1.